The number of anilines is 1. The molecule has 4 rings (SSSR count). The molecule has 174 valence electrons. The van der Waals surface area contributed by atoms with E-state index in [1.54, 1.807) is 19.1 Å². The summed E-state index contributed by atoms with van der Waals surface area (Å²) in [5, 5.41) is 14.2. The molecule has 3 N–H and O–H groups in total. The number of carbonyl (C=O) groups is 3. The van der Waals surface area contributed by atoms with Crippen molar-refractivity contribution in [3.63, 3.8) is 0 Å². The Balaban J connectivity index is 1.27. The maximum atomic E-state index is 12.4. The number of aliphatic carboxylic acids is 1. The smallest absolute Gasteiger partial charge is 0.407 e. The Labute approximate surface area is 197 Å². The van der Waals surface area contributed by atoms with Crippen molar-refractivity contribution in [1.29, 1.82) is 0 Å². The fourth-order valence-corrected chi connectivity index (χ4v) is 4.14. The van der Waals surface area contributed by atoms with Crippen LogP contribution in [0.4, 0.5) is 10.5 Å². The quantitative estimate of drug-likeness (QED) is 0.469. The average Bonchev–Trinajstić information content (AvgIpc) is 3.12. The number of amides is 2. The van der Waals surface area contributed by atoms with Gasteiger partial charge in [-0.2, -0.15) is 0 Å². The summed E-state index contributed by atoms with van der Waals surface area (Å²) >= 11 is 0. The molecule has 0 bridgehead atoms. The molecule has 2 aromatic carbocycles. The zero-order valence-electron chi connectivity index (χ0n) is 18.7. The maximum Gasteiger partial charge on any atom is 0.407 e. The minimum Gasteiger partial charge on any atom is -0.481 e. The molecule has 8 heteroatoms. The molecule has 0 saturated carbocycles. The van der Waals surface area contributed by atoms with E-state index in [1.807, 2.05) is 24.3 Å². The minimum atomic E-state index is -0.975. The van der Waals surface area contributed by atoms with Crippen molar-refractivity contribution < 1.29 is 24.2 Å². The lowest BCUT2D eigenvalue weighted by atomic mass is 9.98. The van der Waals surface area contributed by atoms with Crippen LogP contribution in [-0.2, 0) is 20.7 Å². The zero-order valence-corrected chi connectivity index (χ0v) is 18.7. The zero-order chi connectivity index (χ0) is 24.1. The number of benzene rings is 2. The summed E-state index contributed by atoms with van der Waals surface area (Å²) in [5.74, 6) is -1.31. The molecule has 0 spiro atoms. The van der Waals surface area contributed by atoms with Gasteiger partial charge in [0.15, 0.2) is 0 Å². The number of hydrogen-bond acceptors (Lipinski definition) is 5. The lowest BCUT2D eigenvalue weighted by Crippen LogP contribution is -2.36. The number of nitrogens with one attached hydrogen (secondary N) is 2. The summed E-state index contributed by atoms with van der Waals surface area (Å²) in [6, 6.07) is 18.9. The second kappa shape index (κ2) is 10.2. The number of hydrogen-bond donors (Lipinski definition) is 3. The van der Waals surface area contributed by atoms with Gasteiger partial charge >= 0.3 is 12.1 Å². The lowest BCUT2D eigenvalue weighted by Gasteiger charge is -2.17. The van der Waals surface area contributed by atoms with Gasteiger partial charge in [0, 0.05) is 18.4 Å². The van der Waals surface area contributed by atoms with Gasteiger partial charge in [-0.1, -0.05) is 48.5 Å². The van der Waals surface area contributed by atoms with Gasteiger partial charge in [-0.3, -0.25) is 14.6 Å². The van der Waals surface area contributed by atoms with Gasteiger partial charge in [-0.25, -0.2) is 4.79 Å². The monoisotopic (exact) mass is 459 g/mol. The topological polar surface area (TPSA) is 118 Å². The van der Waals surface area contributed by atoms with Crippen molar-refractivity contribution in [3.05, 3.63) is 83.7 Å². The average molecular weight is 460 g/mol. The van der Waals surface area contributed by atoms with Gasteiger partial charge in [0.2, 0.25) is 5.91 Å². The number of aromatic nitrogens is 1. The van der Waals surface area contributed by atoms with E-state index in [0.717, 1.165) is 22.3 Å². The maximum absolute atomic E-state index is 12.4. The SMILES string of the molecule is C[C@H](CC(=O)Nc1ccc(CC(=O)O)nc1)NC(=O)OCC1c2ccccc2-c2ccccc21. The van der Waals surface area contributed by atoms with Crippen LogP contribution < -0.4 is 10.6 Å². The standard InChI is InChI=1S/C26H25N3O5/c1-16(12-24(30)29-18-11-10-17(27-14-18)13-25(31)32)28-26(33)34-15-23-21-8-4-2-6-19(21)20-7-3-5-9-22(20)23/h2-11,14,16,23H,12-13,15H2,1H3,(H,28,33)(H,29,30)(H,31,32)/t16-/m1/s1. The Morgan fingerprint density at radius 3 is 2.24 bits per heavy atom. The normalized spacial score (nSPS) is 12.9. The van der Waals surface area contributed by atoms with E-state index in [-0.39, 0.29) is 31.3 Å². The van der Waals surface area contributed by atoms with E-state index in [1.165, 1.54) is 6.20 Å². The number of rotatable bonds is 8. The van der Waals surface area contributed by atoms with Gasteiger partial charge in [0.05, 0.1) is 24.0 Å². The number of pyridine rings is 1. The first-order valence-corrected chi connectivity index (χ1v) is 11.0. The van der Waals surface area contributed by atoms with Crippen molar-refractivity contribution in [2.45, 2.75) is 31.7 Å². The van der Waals surface area contributed by atoms with Crippen LogP contribution in [0.1, 0.15) is 36.1 Å². The fourth-order valence-electron chi connectivity index (χ4n) is 4.14. The molecule has 34 heavy (non-hydrogen) atoms. The summed E-state index contributed by atoms with van der Waals surface area (Å²) in [6.45, 7) is 1.92. The highest BCUT2D eigenvalue weighted by Crippen LogP contribution is 2.44. The van der Waals surface area contributed by atoms with Gasteiger partial charge in [0.1, 0.15) is 6.61 Å². The molecule has 0 radical (unpaired) electrons. The Kier molecular flexibility index (Phi) is 6.87. The number of ether oxygens (including phenoxy) is 1. The molecule has 0 aliphatic heterocycles. The third-order valence-electron chi connectivity index (χ3n) is 5.64. The highest BCUT2D eigenvalue weighted by atomic mass is 16.5. The number of carboxylic acid groups (broad SMARTS) is 1. The second-order valence-corrected chi connectivity index (χ2v) is 8.23. The van der Waals surface area contributed by atoms with Gasteiger partial charge in [0.25, 0.3) is 0 Å². The van der Waals surface area contributed by atoms with Crippen molar-refractivity contribution >= 4 is 23.7 Å². The summed E-state index contributed by atoms with van der Waals surface area (Å²) in [5.41, 5.74) is 5.42. The number of carboxylic acids is 1. The Morgan fingerprint density at radius 2 is 1.65 bits per heavy atom. The molecule has 1 atom stereocenters. The van der Waals surface area contributed by atoms with E-state index in [9.17, 15) is 14.4 Å². The first kappa shape index (κ1) is 23.0. The molecule has 0 unspecified atom stereocenters. The minimum absolute atomic E-state index is 0.0339. The molecule has 0 saturated heterocycles. The number of nitrogens with zero attached hydrogens (tertiary/aromatic N) is 1. The highest BCUT2D eigenvalue weighted by Gasteiger charge is 2.29. The molecule has 1 aromatic heterocycles. The molecule has 8 nitrogen and oxygen atoms in total. The fraction of sp³-hybridized carbons (Fsp3) is 0.231. The van der Waals surface area contributed by atoms with Crippen LogP contribution in [0, 0.1) is 0 Å². The largest absolute Gasteiger partial charge is 0.481 e. The van der Waals surface area contributed by atoms with Crippen molar-refractivity contribution in [1.82, 2.24) is 10.3 Å². The van der Waals surface area contributed by atoms with Crippen LogP contribution in [0.25, 0.3) is 11.1 Å². The van der Waals surface area contributed by atoms with Crippen molar-refractivity contribution in [2.24, 2.45) is 0 Å². The number of fused-ring (bicyclic) bond motifs is 3. The van der Waals surface area contributed by atoms with Gasteiger partial charge < -0.3 is 20.5 Å². The van der Waals surface area contributed by atoms with Gasteiger partial charge in [-0.15, -0.1) is 0 Å². The van der Waals surface area contributed by atoms with Crippen LogP contribution >= 0.6 is 0 Å². The molecule has 3 aromatic rings. The van der Waals surface area contributed by atoms with E-state index in [0.29, 0.717) is 11.4 Å². The number of carbonyl (C=O) groups excluding carboxylic acids is 2. The predicted octanol–water partition coefficient (Wildman–Crippen LogP) is 3.96. The molecule has 1 aliphatic carbocycles. The summed E-state index contributed by atoms with van der Waals surface area (Å²) in [6.07, 6.45) is 0.679. The van der Waals surface area contributed by atoms with E-state index in [4.69, 9.17) is 9.84 Å². The lowest BCUT2D eigenvalue weighted by molar-refractivity contribution is -0.136. The molecule has 0 fully saturated rings. The Hall–Kier alpha value is -4.20. The van der Waals surface area contributed by atoms with Crippen molar-refractivity contribution in [3.8, 4) is 11.1 Å². The second-order valence-electron chi connectivity index (χ2n) is 8.23. The van der Waals surface area contributed by atoms with Crippen LogP contribution in [0.5, 0.6) is 0 Å². The first-order chi connectivity index (χ1) is 16.4. The predicted molar refractivity (Wildman–Crippen MR) is 126 cm³/mol. The van der Waals surface area contributed by atoms with E-state index >= 15 is 0 Å². The molecule has 1 aliphatic rings. The number of alkyl carbamates (subject to hydrolysis) is 1. The molecule has 2 amide bonds. The van der Waals surface area contributed by atoms with Gasteiger partial charge in [-0.05, 0) is 41.3 Å². The van der Waals surface area contributed by atoms with E-state index in [2.05, 4.69) is 39.9 Å². The summed E-state index contributed by atoms with van der Waals surface area (Å²) in [7, 11) is 0. The summed E-state index contributed by atoms with van der Waals surface area (Å²) < 4.78 is 5.52. The molecular weight excluding hydrogens is 434 g/mol. The highest BCUT2D eigenvalue weighted by molar-refractivity contribution is 5.91. The third-order valence-corrected chi connectivity index (χ3v) is 5.64. The van der Waals surface area contributed by atoms with Crippen LogP contribution in [0.2, 0.25) is 0 Å². The van der Waals surface area contributed by atoms with Crippen molar-refractivity contribution in [2.75, 3.05) is 11.9 Å². The third kappa shape index (κ3) is 5.40. The Morgan fingerprint density at radius 1 is 1.00 bits per heavy atom. The first-order valence-electron chi connectivity index (χ1n) is 11.0. The van der Waals surface area contributed by atoms with E-state index < -0.39 is 18.1 Å². The van der Waals surface area contributed by atoms with Crippen LogP contribution in [0.3, 0.4) is 0 Å². The van der Waals surface area contributed by atoms with Crippen LogP contribution in [-0.4, -0.2) is 40.7 Å². The summed E-state index contributed by atoms with van der Waals surface area (Å²) in [4.78, 5) is 39.4. The molecular formula is C26H25N3O5. The Bertz CT molecular complexity index is 1160. The molecule has 1 heterocycles. The van der Waals surface area contributed by atoms with Crippen LogP contribution in [0.15, 0.2) is 66.9 Å².